The number of carbonyl (C=O) groups is 2. The predicted molar refractivity (Wildman–Crippen MR) is 108 cm³/mol. The number of aromatic nitrogens is 1. The third-order valence-corrected chi connectivity index (χ3v) is 6.19. The molecule has 0 spiro atoms. The highest BCUT2D eigenvalue weighted by Crippen LogP contribution is 2.30. The van der Waals surface area contributed by atoms with Crippen LogP contribution in [0.25, 0.3) is 10.1 Å². The molecule has 0 bridgehead atoms. The fraction of sp³-hybridized carbons (Fsp3) is 0.500. The number of rotatable bonds is 2. The number of nitrogens with zero attached hydrogens (tertiary/aromatic N) is 3. The number of carbonyl (C=O) groups excluding carboxylic acids is 2. The van der Waals surface area contributed by atoms with Gasteiger partial charge in [-0.3, -0.25) is 14.5 Å². The van der Waals surface area contributed by atoms with Gasteiger partial charge in [0.25, 0.3) is 5.56 Å². The first kappa shape index (κ1) is 19.9. The maximum absolute atomic E-state index is 12.5. The van der Waals surface area contributed by atoms with E-state index < -0.39 is 11.7 Å². The van der Waals surface area contributed by atoms with Gasteiger partial charge < -0.3 is 14.2 Å². The molecule has 27 heavy (non-hydrogen) atoms. The molecular formula is C18H22BrN3O4S. The maximum Gasteiger partial charge on any atom is 0.410 e. The molecule has 3 heterocycles. The molecule has 9 heteroatoms. The van der Waals surface area contributed by atoms with E-state index in [-0.39, 0.29) is 18.0 Å². The first-order chi connectivity index (χ1) is 12.5. The van der Waals surface area contributed by atoms with Crippen LogP contribution in [-0.4, -0.2) is 51.6 Å². The zero-order valence-corrected chi connectivity index (χ0v) is 18.1. The summed E-state index contributed by atoms with van der Waals surface area (Å²) in [4.78, 5) is 41.0. The highest BCUT2D eigenvalue weighted by Gasteiger charge is 2.30. The number of amides is 2. The van der Waals surface area contributed by atoms with Crippen molar-refractivity contribution in [3.63, 3.8) is 0 Å². The van der Waals surface area contributed by atoms with Crippen LogP contribution in [-0.2, 0) is 23.1 Å². The van der Waals surface area contributed by atoms with Gasteiger partial charge in [0.05, 0.1) is 21.1 Å². The fourth-order valence-corrected chi connectivity index (χ4v) is 4.71. The zero-order chi connectivity index (χ0) is 19.9. The molecule has 0 atom stereocenters. The van der Waals surface area contributed by atoms with Crippen molar-refractivity contribution in [2.45, 2.75) is 32.9 Å². The lowest BCUT2D eigenvalue weighted by Crippen LogP contribution is -2.52. The predicted octanol–water partition coefficient (Wildman–Crippen LogP) is 2.94. The summed E-state index contributed by atoms with van der Waals surface area (Å²) < 4.78 is 8.61. The molecule has 1 saturated heterocycles. The molecular weight excluding hydrogens is 434 g/mol. The standard InChI is InChI=1S/C18H22BrN3O4S/c1-18(2,3)26-17(25)22-6-5-21(14(23)10-22)8-11-7-12-15(27-11)13(19)9-20(4)16(12)24/h7,9H,5-6,8,10H2,1-4H3. The van der Waals surface area contributed by atoms with Crippen LogP contribution in [0, 0.1) is 0 Å². The van der Waals surface area contributed by atoms with E-state index in [2.05, 4.69) is 15.9 Å². The van der Waals surface area contributed by atoms with E-state index in [4.69, 9.17) is 4.74 Å². The Morgan fingerprint density at radius 2 is 2.00 bits per heavy atom. The summed E-state index contributed by atoms with van der Waals surface area (Å²) in [5.41, 5.74) is -0.648. The Hall–Kier alpha value is -1.87. The minimum absolute atomic E-state index is 0.00523. The number of piperazine rings is 1. The van der Waals surface area contributed by atoms with Gasteiger partial charge in [0.2, 0.25) is 5.91 Å². The van der Waals surface area contributed by atoms with E-state index in [1.807, 2.05) is 6.07 Å². The summed E-state index contributed by atoms with van der Waals surface area (Å²) in [6.07, 6.45) is 1.28. The second-order valence-electron chi connectivity index (χ2n) is 7.57. The van der Waals surface area contributed by atoms with Crippen molar-refractivity contribution in [1.82, 2.24) is 14.4 Å². The van der Waals surface area contributed by atoms with Gasteiger partial charge in [0.15, 0.2) is 0 Å². The third-order valence-electron chi connectivity index (χ3n) is 4.17. The molecule has 0 aromatic carbocycles. The number of halogens is 1. The number of fused-ring (bicyclic) bond motifs is 1. The van der Waals surface area contributed by atoms with Gasteiger partial charge in [-0.05, 0) is 42.8 Å². The molecule has 1 fully saturated rings. The van der Waals surface area contributed by atoms with Gasteiger partial charge in [0, 0.05) is 31.2 Å². The topological polar surface area (TPSA) is 71.8 Å². The van der Waals surface area contributed by atoms with Crippen LogP contribution in [0.1, 0.15) is 25.6 Å². The molecule has 1 aliphatic heterocycles. The van der Waals surface area contributed by atoms with Crippen LogP contribution >= 0.6 is 27.3 Å². The van der Waals surface area contributed by atoms with E-state index in [0.29, 0.717) is 25.0 Å². The Kier molecular flexibility index (Phi) is 5.36. The van der Waals surface area contributed by atoms with Crippen LogP contribution in [0.2, 0.25) is 0 Å². The second-order valence-corrected chi connectivity index (χ2v) is 9.56. The molecule has 1 aliphatic rings. The number of ether oxygens (including phenoxy) is 1. The summed E-state index contributed by atoms with van der Waals surface area (Å²) in [6, 6.07) is 1.85. The molecule has 0 unspecified atom stereocenters. The Morgan fingerprint density at radius 3 is 2.63 bits per heavy atom. The van der Waals surface area contributed by atoms with E-state index >= 15 is 0 Å². The number of aryl methyl sites for hydroxylation is 1. The normalized spacial score (nSPS) is 15.5. The van der Waals surface area contributed by atoms with Crippen LogP contribution in [0.4, 0.5) is 4.79 Å². The second kappa shape index (κ2) is 7.27. The summed E-state index contributed by atoms with van der Waals surface area (Å²) in [5, 5.41) is 0.645. The first-order valence-corrected chi connectivity index (χ1v) is 10.2. The van der Waals surface area contributed by atoms with Gasteiger partial charge in [-0.1, -0.05) is 0 Å². The number of hydrogen-bond acceptors (Lipinski definition) is 5. The Morgan fingerprint density at radius 1 is 1.30 bits per heavy atom. The summed E-state index contributed by atoms with van der Waals surface area (Å²) in [6.45, 7) is 6.69. The SMILES string of the molecule is Cn1cc(Br)c2sc(CN3CCN(C(=O)OC(C)(C)C)CC3=O)cc2c1=O. The molecule has 0 aliphatic carbocycles. The number of pyridine rings is 1. The molecule has 3 rings (SSSR count). The van der Waals surface area contributed by atoms with Crippen molar-refractivity contribution in [3.05, 3.63) is 32.0 Å². The van der Waals surface area contributed by atoms with Crippen LogP contribution in [0.3, 0.4) is 0 Å². The third kappa shape index (κ3) is 4.35. The molecule has 2 amide bonds. The summed E-state index contributed by atoms with van der Waals surface area (Å²) >= 11 is 4.99. The summed E-state index contributed by atoms with van der Waals surface area (Å²) in [5.74, 6) is -0.128. The van der Waals surface area contributed by atoms with Gasteiger partial charge in [-0.2, -0.15) is 0 Å². The average molecular weight is 456 g/mol. The molecule has 2 aromatic rings. The zero-order valence-electron chi connectivity index (χ0n) is 15.7. The number of hydrogen-bond donors (Lipinski definition) is 0. The van der Waals surface area contributed by atoms with Gasteiger partial charge in [0.1, 0.15) is 12.1 Å². The van der Waals surface area contributed by atoms with Crippen molar-refractivity contribution in [3.8, 4) is 0 Å². The largest absolute Gasteiger partial charge is 0.444 e. The first-order valence-electron chi connectivity index (χ1n) is 8.58. The van der Waals surface area contributed by atoms with Crippen molar-refractivity contribution >= 4 is 49.4 Å². The average Bonchev–Trinajstić information content (AvgIpc) is 2.97. The minimum Gasteiger partial charge on any atom is -0.444 e. The van der Waals surface area contributed by atoms with Gasteiger partial charge in [-0.25, -0.2) is 4.79 Å². The van der Waals surface area contributed by atoms with Crippen molar-refractivity contribution in [2.24, 2.45) is 7.05 Å². The molecule has 0 N–H and O–H groups in total. The molecule has 0 radical (unpaired) electrons. The van der Waals surface area contributed by atoms with E-state index in [1.165, 1.54) is 20.8 Å². The number of thiophene rings is 1. The lowest BCUT2D eigenvalue weighted by Gasteiger charge is -2.35. The minimum atomic E-state index is -0.589. The van der Waals surface area contributed by atoms with E-state index in [0.717, 1.165) is 14.0 Å². The lowest BCUT2D eigenvalue weighted by atomic mass is 10.2. The molecule has 7 nitrogen and oxygen atoms in total. The summed E-state index contributed by atoms with van der Waals surface area (Å²) in [7, 11) is 1.71. The van der Waals surface area contributed by atoms with Crippen LogP contribution in [0.5, 0.6) is 0 Å². The van der Waals surface area contributed by atoms with Gasteiger partial charge >= 0.3 is 6.09 Å². The monoisotopic (exact) mass is 455 g/mol. The fourth-order valence-electron chi connectivity index (χ4n) is 2.88. The highest BCUT2D eigenvalue weighted by molar-refractivity contribution is 9.10. The smallest absolute Gasteiger partial charge is 0.410 e. The molecule has 0 saturated carbocycles. The van der Waals surface area contributed by atoms with E-state index in [1.54, 1.807) is 38.9 Å². The van der Waals surface area contributed by atoms with Crippen molar-refractivity contribution in [2.75, 3.05) is 19.6 Å². The molecule has 146 valence electrons. The lowest BCUT2D eigenvalue weighted by molar-refractivity contribution is -0.136. The van der Waals surface area contributed by atoms with Crippen molar-refractivity contribution in [1.29, 1.82) is 0 Å². The quantitative estimate of drug-likeness (QED) is 0.697. The highest BCUT2D eigenvalue weighted by atomic mass is 79.9. The van der Waals surface area contributed by atoms with E-state index in [9.17, 15) is 14.4 Å². The van der Waals surface area contributed by atoms with Crippen LogP contribution < -0.4 is 5.56 Å². The van der Waals surface area contributed by atoms with Gasteiger partial charge in [-0.15, -0.1) is 11.3 Å². The van der Waals surface area contributed by atoms with Crippen LogP contribution in [0.15, 0.2) is 21.5 Å². The Balaban J connectivity index is 1.71. The van der Waals surface area contributed by atoms with Crippen molar-refractivity contribution < 1.29 is 14.3 Å². The Bertz CT molecular complexity index is 960. The Labute approximate surface area is 169 Å². The molecule has 2 aromatic heterocycles. The maximum atomic E-state index is 12.5.